The Morgan fingerprint density at radius 3 is 2.80 bits per heavy atom. The maximum Gasteiger partial charge on any atom is 0.223 e. The van der Waals surface area contributed by atoms with Gasteiger partial charge < -0.3 is 10.6 Å². The summed E-state index contributed by atoms with van der Waals surface area (Å²) in [6.07, 6.45) is 6.36. The van der Waals surface area contributed by atoms with Gasteiger partial charge in [-0.25, -0.2) is 0 Å². The number of hydrogen-bond acceptors (Lipinski definition) is 3. The lowest BCUT2D eigenvalue weighted by atomic mass is 10.0. The SMILES string of the molecule is Cl.Cl.NCC1CCCCN1C(=O)CCc1ccccn1. The molecule has 1 aromatic heterocycles. The van der Waals surface area contributed by atoms with Crippen LogP contribution in [0.2, 0.25) is 0 Å². The predicted octanol–water partition coefficient (Wildman–Crippen LogP) is 2.20. The molecule has 1 amide bonds. The van der Waals surface area contributed by atoms with Gasteiger partial charge in [-0.3, -0.25) is 9.78 Å². The van der Waals surface area contributed by atoms with Crippen molar-refractivity contribution in [1.29, 1.82) is 0 Å². The van der Waals surface area contributed by atoms with E-state index >= 15 is 0 Å². The fourth-order valence-corrected chi connectivity index (χ4v) is 2.50. The molecule has 1 unspecified atom stereocenters. The number of halogens is 2. The van der Waals surface area contributed by atoms with Crippen molar-refractivity contribution in [2.45, 2.75) is 38.1 Å². The summed E-state index contributed by atoms with van der Waals surface area (Å²) in [5, 5.41) is 0. The summed E-state index contributed by atoms with van der Waals surface area (Å²) in [7, 11) is 0. The van der Waals surface area contributed by atoms with Crippen molar-refractivity contribution >= 4 is 30.7 Å². The third-order valence-electron chi connectivity index (χ3n) is 3.54. The van der Waals surface area contributed by atoms with E-state index in [0.717, 1.165) is 25.1 Å². The number of piperidine rings is 1. The van der Waals surface area contributed by atoms with Gasteiger partial charge in [0, 0.05) is 37.4 Å². The molecule has 2 rings (SSSR count). The van der Waals surface area contributed by atoms with E-state index in [9.17, 15) is 4.79 Å². The van der Waals surface area contributed by atoms with Gasteiger partial charge in [-0.05, 0) is 37.8 Å². The van der Waals surface area contributed by atoms with E-state index in [4.69, 9.17) is 5.73 Å². The van der Waals surface area contributed by atoms with Gasteiger partial charge in [-0.15, -0.1) is 24.8 Å². The average molecular weight is 320 g/mol. The molecule has 0 radical (unpaired) electrons. The smallest absolute Gasteiger partial charge is 0.223 e. The molecule has 1 fully saturated rings. The zero-order valence-electron chi connectivity index (χ0n) is 11.5. The minimum Gasteiger partial charge on any atom is -0.338 e. The largest absolute Gasteiger partial charge is 0.338 e. The molecular formula is C14H23Cl2N3O. The van der Waals surface area contributed by atoms with Crippen molar-refractivity contribution in [2.24, 2.45) is 5.73 Å². The molecule has 114 valence electrons. The second kappa shape index (κ2) is 9.97. The average Bonchev–Trinajstić information content (AvgIpc) is 2.45. The highest BCUT2D eigenvalue weighted by atomic mass is 35.5. The fraction of sp³-hybridized carbons (Fsp3) is 0.571. The van der Waals surface area contributed by atoms with Crippen molar-refractivity contribution in [3.63, 3.8) is 0 Å². The van der Waals surface area contributed by atoms with Gasteiger partial charge in [0.1, 0.15) is 0 Å². The summed E-state index contributed by atoms with van der Waals surface area (Å²) >= 11 is 0. The first kappa shape index (κ1) is 19.2. The number of aryl methyl sites for hydroxylation is 1. The number of carbonyl (C=O) groups is 1. The minimum absolute atomic E-state index is 0. The maximum absolute atomic E-state index is 12.2. The summed E-state index contributed by atoms with van der Waals surface area (Å²) in [5.41, 5.74) is 6.71. The molecule has 2 heterocycles. The molecule has 4 nitrogen and oxygen atoms in total. The number of rotatable bonds is 4. The first-order chi connectivity index (χ1) is 8.81. The minimum atomic E-state index is 0. The van der Waals surface area contributed by atoms with Crippen molar-refractivity contribution in [2.75, 3.05) is 13.1 Å². The Bertz CT molecular complexity index is 389. The van der Waals surface area contributed by atoms with Crippen LogP contribution in [0.3, 0.4) is 0 Å². The summed E-state index contributed by atoms with van der Waals surface area (Å²) < 4.78 is 0. The van der Waals surface area contributed by atoms with Gasteiger partial charge in [0.05, 0.1) is 0 Å². The van der Waals surface area contributed by atoms with E-state index in [1.807, 2.05) is 23.1 Å². The third-order valence-corrected chi connectivity index (χ3v) is 3.54. The van der Waals surface area contributed by atoms with Gasteiger partial charge in [-0.2, -0.15) is 0 Å². The maximum atomic E-state index is 12.2. The van der Waals surface area contributed by atoms with Gasteiger partial charge in [0.2, 0.25) is 5.91 Å². The van der Waals surface area contributed by atoms with Gasteiger partial charge in [0.25, 0.3) is 0 Å². The van der Waals surface area contributed by atoms with E-state index in [1.165, 1.54) is 6.42 Å². The quantitative estimate of drug-likeness (QED) is 0.925. The summed E-state index contributed by atoms with van der Waals surface area (Å²) in [4.78, 5) is 18.4. The van der Waals surface area contributed by atoms with E-state index in [-0.39, 0.29) is 36.8 Å². The highest BCUT2D eigenvalue weighted by Gasteiger charge is 2.24. The first-order valence-electron chi connectivity index (χ1n) is 6.70. The molecule has 0 aliphatic carbocycles. The van der Waals surface area contributed by atoms with Crippen LogP contribution in [-0.2, 0) is 11.2 Å². The van der Waals surface area contributed by atoms with Crippen LogP contribution in [-0.4, -0.2) is 34.9 Å². The van der Waals surface area contributed by atoms with Gasteiger partial charge >= 0.3 is 0 Å². The van der Waals surface area contributed by atoms with Crippen LogP contribution in [0.25, 0.3) is 0 Å². The van der Waals surface area contributed by atoms with E-state index in [0.29, 0.717) is 19.4 Å². The van der Waals surface area contributed by atoms with Crippen LogP contribution in [0.5, 0.6) is 0 Å². The molecule has 1 aliphatic rings. The molecule has 0 bridgehead atoms. The number of likely N-dealkylation sites (tertiary alicyclic amines) is 1. The van der Waals surface area contributed by atoms with E-state index in [1.54, 1.807) is 6.20 Å². The van der Waals surface area contributed by atoms with Gasteiger partial charge in [-0.1, -0.05) is 6.07 Å². The zero-order chi connectivity index (χ0) is 12.8. The topological polar surface area (TPSA) is 59.2 Å². The molecule has 6 heteroatoms. The Kier molecular flexibility index (Phi) is 9.55. The lowest BCUT2D eigenvalue weighted by Gasteiger charge is -2.35. The number of amides is 1. The monoisotopic (exact) mass is 319 g/mol. The number of nitrogens with two attached hydrogens (primary N) is 1. The second-order valence-electron chi connectivity index (χ2n) is 4.79. The van der Waals surface area contributed by atoms with Crippen molar-refractivity contribution in [3.05, 3.63) is 30.1 Å². The standard InChI is InChI=1S/C14H21N3O.2ClH/c15-11-13-6-2-4-10-17(13)14(18)8-7-12-5-1-3-9-16-12;;/h1,3,5,9,13H,2,4,6-8,10-11,15H2;2*1H. The van der Waals surface area contributed by atoms with E-state index in [2.05, 4.69) is 4.98 Å². The van der Waals surface area contributed by atoms with Crippen LogP contribution in [0, 0.1) is 0 Å². The lowest BCUT2D eigenvalue weighted by molar-refractivity contribution is -0.134. The molecule has 0 spiro atoms. The molecule has 1 saturated heterocycles. The van der Waals surface area contributed by atoms with Crippen LogP contribution in [0.1, 0.15) is 31.4 Å². The predicted molar refractivity (Wildman–Crippen MR) is 85.5 cm³/mol. The number of pyridine rings is 1. The molecule has 0 saturated carbocycles. The van der Waals surface area contributed by atoms with Crippen molar-refractivity contribution < 1.29 is 4.79 Å². The third kappa shape index (κ3) is 5.27. The highest BCUT2D eigenvalue weighted by molar-refractivity contribution is 5.85. The Morgan fingerprint density at radius 1 is 1.35 bits per heavy atom. The Labute approximate surface area is 132 Å². The summed E-state index contributed by atoms with van der Waals surface area (Å²) in [6.45, 7) is 1.44. The van der Waals surface area contributed by atoms with Crippen LogP contribution in [0.4, 0.5) is 0 Å². The summed E-state index contributed by atoms with van der Waals surface area (Å²) in [6, 6.07) is 6.05. The molecular weight excluding hydrogens is 297 g/mol. The van der Waals surface area contributed by atoms with Crippen LogP contribution in [0.15, 0.2) is 24.4 Å². The second-order valence-corrected chi connectivity index (χ2v) is 4.79. The number of nitrogens with zero attached hydrogens (tertiary/aromatic N) is 2. The molecule has 20 heavy (non-hydrogen) atoms. The Hall–Kier alpha value is -0.840. The van der Waals surface area contributed by atoms with Crippen LogP contribution < -0.4 is 5.73 Å². The Morgan fingerprint density at radius 2 is 2.15 bits per heavy atom. The molecule has 2 N–H and O–H groups in total. The lowest BCUT2D eigenvalue weighted by Crippen LogP contribution is -2.47. The Balaban J connectivity index is 0.00000180. The molecule has 1 aliphatic heterocycles. The first-order valence-corrected chi connectivity index (χ1v) is 6.70. The highest BCUT2D eigenvalue weighted by Crippen LogP contribution is 2.17. The summed E-state index contributed by atoms with van der Waals surface area (Å²) in [5.74, 6) is 0.218. The zero-order valence-corrected chi connectivity index (χ0v) is 13.2. The van der Waals surface area contributed by atoms with Crippen molar-refractivity contribution in [3.8, 4) is 0 Å². The number of hydrogen-bond donors (Lipinski definition) is 1. The number of carbonyl (C=O) groups excluding carboxylic acids is 1. The normalized spacial score (nSPS) is 17.9. The van der Waals surface area contributed by atoms with Crippen LogP contribution >= 0.6 is 24.8 Å². The molecule has 1 aromatic rings. The fourth-order valence-electron chi connectivity index (χ4n) is 2.50. The van der Waals surface area contributed by atoms with E-state index < -0.39 is 0 Å². The van der Waals surface area contributed by atoms with Crippen molar-refractivity contribution in [1.82, 2.24) is 9.88 Å². The molecule has 1 atom stereocenters. The molecule has 0 aromatic carbocycles. The number of aromatic nitrogens is 1. The van der Waals surface area contributed by atoms with Gasteiger partial charge in [0.15, 0.2) is 0 Å².